The molecule has 1 amide bonds. The molecule has 0 N–H and O–H groups in total. The van der Waals surface area contributed by atoms with Gasteiger partial charge in [-0.25, -0.2) is 4.79 Å². The Bertz CT molecular complexity index is 490. The van der Waals surface area contributed by atoms with Gasteiger partial charge >= 0.3 is 6.09 Å². The molecule has 0 spiro atoms. The summed E-state index contributed by atoms with van der Waals surface area (Å²) in [4.78, 5) is 25.5. The van der Waals surface area contributed by atoms with Gasteiger partial charge in [-0.3, -0.25) is 4.79 Å². The van der Waals surface area contributed by atoms with Crippen molar-refractivity contribution in [1.29, 1.82) is 0 Å². The maximum Gasteiger partial charge on any atom is 0.410 e. The molecule has 1 heterocycles. The Morgan fingerprint density at radius 3 is 2.50 bits per heavy atom. The standard InChI is InChI=1S/C16H21NO3/c1-16(2,3)20-15(19)17-10-13(9-14(18)11-17)12-7-5-4-6-8-12/h4-8,13H,9-11H2,1-3H3. The zero-order chi connectivity index (χ0) is 14.8. The van der Waals surface area contributed by atoms with Crippen LogP contribution >= 0.6 is 0 Å². The predicted molar refractivity (Wildman–Crippen MR) is 76.6 cm³/mol. The van der Waals surface area contributed by atoms with Crippen molar-refractivity contribution < 1.29 is 14.3 Å². The molecular weight excluding hydrogens is 254 g/mol. The lowest BCUT2D eigenvalue weighted by molar-refractivity contribution is -0.122. The third kappa shape index (κ3) is 3.83. The number of carbonyl (C=O) groups is 2. The minimum Gasteiger partial charge on any atom is -0.444 e. The lowest BCUT2D eigenvalue weighted by atomic mass is 9.90. The van der Waals surface area contributed by atoms with E-state index in [-0.39, 0.29) is 18.2 Å². The van der Waals surface area contributed by atoms with Crippen LogP contribution in [0.2, 0.25) is 0 Å². The van der Waals surface area contributed by atoms with E-state index in [9.17, 15) is 9.59 Å². The number of ether oxygens (including phenoxy) is 1. The first-order valence-electron chi connectivity index (χ1n) is 6.90. The number of likely N-dealkylation sites (tertiary alicyclic amines) is 1. The van der Waals surface area contributed by atoms with Crippen molar-refractivity contribution in [1.82, 2.24) is 4.90 Å². The van der Waals surface area contributed by atoms with Gasteiger partial charge in [-0.15, -0.1) is 0 Å². The number of carbonyl (C=O) groups excluding carboxylic acids is 2. The molecule has 1 fully saturated rings. The van der Waals surface area contributed by atoms with Crippen molar-refractivity contribution in [3.63, 3.8) is 0 Å². The van der Waals surface area contributed by atoms with Crippen molar-refractivity contribution in [2.45, 2.75) is 38.7 Å². The summed E-state index contributed by atoms with van der Waals surface area (Å²) in [6.45, 7) is 6.16. The third-order valence-electron chi connectivity index (χ3n) is 3.20. The van der Waals surface area contributed by atoms with E-state index in [0.29, 0.717) is 13.0 Å². The predicted octanol–water partition coefficient (Wildman–Crippen LogP) is 2.98. The first-order valence-corrected chi connectivity index (χ1v) is 6.90. The van der Waals surface area contributed by atoms with Crippen LogP contribution in [0.3, 0.4) is 0 Å². The van der Waals surface area contributed by atoms with E-state index in [1.54, 1.807) is 0 Å². The Hall–Kier alpha value is -1.84. The van der Waals surface area contributed by atoms with Crippen molar-refractivity contribution in [2.75, 3.05) is 13.1 Å². The van der Waals surface area contributed by atoms with E-state index in [2.05, 4.69) is 0 Å². The minimum atomic E-state index is -0.542. The number of nitrogens with zero attached hydrogens (tertiary/aromatic N) is 1. The lowest BCUT2D eigenvalue weighted by Crippen LogP contribution is -2.45. The van der Waals surface area contributed by atoms with Crippen LogP contribution in [0.4, 0.5) is 4.79 Å². The fourth-order valence-corrected chi connectivity index (χ4v) is 2.36. The van der Waals surface area contributed by atoms with Gasteiger partial charge in [0.05, 0.1) is 6.54 Å². The maximum atomic E-state index is 12.1. The molecule has 1 atom stereocenters. The summed E-state index contributed by atoms with van der Waals surface area (Å²) in [6.07, 6.45) is 0.0787. The van der Waals surface area contributed by atoms with Crippen LogP contribution in [0, 0.1) is 0 Å². The van der Waals surface area contributed by atoms with Crippen LogP contribution in [0.5, 0.6) is 0 Å². The maximum absolute atomic E-state index is 12.1. The second kappa shape index (κ2) is 5.65. The minimum absolute atomic E-state index is 0.0602. The summed E-state index contributed by atoms with van der Waals surface area (Å²) in [6, 6.07) is 9.84. The van der Waals surface area contributed by atoms with Crippen LogP contribution in [0.1, 0.15) is 38.7 Å². The van der Waals surface area contributed by atoms with Crippen LogP contribution in [0.15, 0.2) is 30.3 Å². The molecule has 0 aliphatic carbocycles. The zero-order valence-corrected chi connectivity index (χ0v) is 12.3. The van der Waals surface area contributed by atoms with Gasteiger partial charge in [0.2, 0.25) is 0 Å². The Morgan fingerprint density at radius 2 is 1.90 bits per heavy atom. The third-order valence-corrected chi connectivity index (χ3v) is 3.20. The first kappa shape index (κ1) is 14.6. The molecule has 0 saturated carbocycles. The van der Waals surface area contributed by atoms with E-state index >= 15 is 0 Å². The highest BCUT2D eigenvalue weighted by Crippen LogP contribution is 2.26. The molecule has 20 heavy (non-hydrogen) atoms. The van der Waals surface area contributed by atoms with Gasteiger partial charge in [0.25, 0.3) is 0 Å². The fourth-order valence-electron chi connectivity index (χ4n) is 2.36. The van der Waals surface area contributed by atoms with Crippen LogP contribution in [-0.4, -0.2) is 35.5 Å². The van der Waals surface area contributed by atoms with Crippen molar-refractivity contribution >= 4 is 11.9 Å². The molecule has 4 nitrogen and oxygen atoms in total. The number of amides is 1. The Labute approximate surface area is 119 Å². The highest BCUT2D eigenvalue weighted by atomic mass is 16.6. The number of piperidine rings is 1. The fraction of sp³-hybridized carbons (Fsp3) is 0.500. The normalized spacial score (nSPS) is 19.9. The Kier molecular flexibility index (Phi) is 4.12. The van der Waals surface area contributed by atoms with Crippen LogP contribution < -0.4 is 0 Å². The lowest BCUT2D eigenvalue weighted by Gasteiger charge is -2.33. The molecule has 1 unspecified atom stereocenters. The molecule has 0 bridgehead atoms. The molecule has 2 rings (SSSR count). The second-order valence-electron chi connectivity index (χ2n) is 6.21. The van der Waals surface area contributed by atoms with Gasteiger partial charge < -0.3 is 9.64 Å². The molecule has 1 saturated heterocycles. The van der Waals surface area contributed by atoms with Crippen molar-refractivity contribution in [2.24, 2.45) is 0 Å². The van der Waals surface area contributed by atoms with E-state index in [1.807, 2.05) is 51.1 Å². The number of benzene rings is 1. The Morgan fingerprint density at radius 1 is 1.25 bits per heavy atom. The largest absolute Gasteiger partial charge is 0.444 e. The van der Waals surface area contributed by atoms with Crippen molar-refractivity contribution in [3.05, 3.63) is 35.9 Å². The second-order valence-corrected chi connectivity index (χ2v) is 6.21. The highest BCUT2D eigenvalue weighted by Gasteiger charge is 2.31. The van der Waals surface area contributed by atoms with E-state index < -0.39 is 11.7 Å². The SMILES string of the molecule is CC(C)(C)OC(=O)N1CC(=O)CC(c2ccccc2)C1. The smallest absolute Gasteiger partial charge is 0.410 e. The average molecular weight is 275 g/mol. The Balaban J connectivity index is 2.09. The number of hydrogen-bond acceptors (Lipinski definition) is 3. The van der Waals surface area contributed by atoms with Crippen LogP contribution in [0.25, 0.3) is 0 Å². The summed E-state index contributed by atoms with van der Waals surface area (Å²) < 4.78 is 5.34. The molecule has 0 aromatic heterocycles. The number of Topliss-reactive ketones (excluding diaryl/α,β-unsaturated/α-hetero) is 1. The van der Waals surface area contributed by atoms with Gasteiger partial charge in [-0.1, -0.05) is 30.3 Å². The highest BCUT2D eigenvalue weighted by molar-refractivity contribution is 5.86. The van der Waals surface area contributed by atoms with Gasteiger partial charge in [0.15, 0.2) is 5.78 Å². The summed E-state index contributed by atoms with van der Waals surface area (Å²) in [7, 11) is 0. The van der Waals surface area contributed by atoms with Gasteiger partial charge in [0, 0.05) is 18.9 Å². The molecular formula is C16H21NO3. The molecule has 1 aromatic carbocycles. The number of hydrogen-bond donors (Lipinski definition) is 0. The molecule has 108 valence electrons. The number of rotatable bonds is 1. The zero-order valence-electron chi connectivity index (χ0n) is 12.3. The monoisotopic (exact) mass is 275 g/mol. The molecule has 1 aliphatic rings. The van der Waals surface area contributed by atoms with Gasteiger partial charge in [0.1, 0.15) is 5.60 Å². The van der Waals surface area contributed by atoms with Crippen molar-refractivity contribution in [3.8, 4) is 0 Å². The molecule has 1 aromatic rings. The topological polar surface area (TPSA) is 46.6 Å². The van der Waals surface area contributed by atoms with Gasteiger partial charge in [-0.05, 0) is 26.3 Å². The van der Waals surface area contributed by atoms with E-state index in [4.69, 9.17) is 4.74 Å². The average Bonchev–Trinajstić information content (AvgIpc) is 2.37. The van der Waals surface area contributed by atoms with E-state index in [1.165, 1.54) is 4.90 Å². The molecule has 1 aliphatic heterocycles. The van der Waals surface area contributed by atoms with E-state index in [0.717, 1.165) is 5.56 Å². The molecule has 4 heteroatoms. The summed E-state index contributed by atoms with van der Waals surface area (Å²) in [5.74, 6) is 0.140. The summed E-state index contributed by atoms with van der Waals surface area (Å²) >= 11 is 0. The quantitative estimate of drug-likeness (QED) is 0.791. The first-order chi connectivity index (χ1) is 9.35. The van der Waals surface area contributed by atoms with Gasteiger partial charge in [-0.2, -0.15) is 0 Å². The molecule has 0 radical (unpaired) electrons. The number of ketones is 1. The summed E-state index contributed by atoms with van der Waals surface area (Å²) in [5.41, 5.74) is 0.550. The van der Waals surface area contributed by atoms with Crippen LogP contribution in [-0.2, 0) is 9.53 Å². The summed E-state index contributed by atoms with van der Waals surface area (Å²) in [5, 5.41) is 0.